The van der Waals surface area contributed by atoms with Crippen LogP contribution in [0.1, 0.15) is 19.8 Å². The van der Waals surface area contributed by atoms with Crippen molar-refractivity contribution < 1.29 is 8.42 Å². The number of rotatable bonds is 7. The molecule has 0 aromatic heterocycles. The second kappa shape index (κ2) is 7.16. The number of nitrogens with one attached hydrogen (secondary N) is 1. The number of benzene rings is 1. The van der Waals surface area contributed by atoms with Crippen molar-refractivity contribution in [1.29, 1.82) is 0 Å². The monoisotopic (exact) mass is 287 g/mol. The molecule has 0 aliphatic rings. The lowest BCUT2D eigenvalue weighted by Crippen LogP contribution is -2.20. The molecule has 0 aliphatic carbocycles. The number of hydrogen-bond acceptors (Lipinski definition) is 4. The Balaban J connectivity index is 2.40. The minimum atomic E-state index is -3.08. The van der Waals surface area contributed by atoms with Crippen LogP contribution in [0.25, 0.3) is 0 Å². The zero-order valence-corrected chi connectivity index (χ0v) is 12.8. The van der Waals surface area contributed by atoms with Gasteiger partial charge in [-0.3, -0.25) is 0 Å². The third kappa shape index (κ3) is 5.42. The smallest absolute Gasteiger partial charge is 0.175 e. The first-order chi connectivity index (χ1) is 8.43. The molecule has 0 radical (unpaired) electrons. The van der Waals surface area contributed by atoms with Crippen LogP contribution in [0.4, 0.5) is 0 Å². The standard InChI is InChI=1S/C13H21NO2S2/c1-11(14-2)5-4-10-17-12-6-8-13(9-7-12)18(3,15)16/h6-9,11,14H,4-5,10H2,1-3H3. The van der Waals surface area contributed by atoms with Gasteiger partial charge in [-0.15, -0.1) is 11.8 Å². The fourth-order valence-corrected chi connectivity index (χ4v) is 3.01. The van der Waals surface area contributed by atoms with E-state index in [1.165, 1.54) is 6.26 Å². The molecule has 0 saturated heterocycles. The third-order valence-electron chi connectivity index (χ3n) is 2.79. The normalized spacial score (nSPS) is 13.5. The molecule has 0 amide bonds. The predicted octanol–water partition coefficient (Wildman–Crippen LogP) is 2.57. The molecule has 5 heteroatoms. The van der Waals surface area contributed by atoms with E-state index in [1.54, 1.807) is 23.9 Å². The van der Waals surface area contributed by atoms with Gasteiger partial charge in [-0.2, -0.15) is 0 Å². The van der Waals surface area contributed by atoms with Crippen LogP contribution >= 0.6 is 11.8 Å². The first-order valence-electron chi connectivity index (χ1n) is 6.03. The Morgan fingerprint density at radius 1 is 1.28 bits per heavy atom. The fourth-order valence-electron chi connectivity index (χ4n) is 1.51. The summed E-state index contributed by atoms with van der Waals surface area (Å²) >= 11 is 1.77. The van der Waals surface area contributed by atoms with Gasteiger partial charge in [0.2, 0.25) is 0 Å². The van der Waals surface area contributed by atoms with Crippen LogP contribution in [0.2, 0.25) is 0 Å². The van der Waals surface area contributed by atoms with Crippen LogP contribution in [0, 0.1) is 0 Å². The molecule has 1 aromatic carbocycles. The van der Waals surface area contributed by atoms with Crippen LogP contribution in [0.5, 0.6) is 0 Å². The molecule has 0 aliphatic heterocycles. The van der Waals surface area contributed by atoms with Crippen LogP contribution in [0.15, 0.2) is 34.1 Å². The van der Waals surface area contributed by atoms with Gasteiger partial charge in [-0.25, -0.2) is 8.42 Å². The van der Waals surface area contributed by atoms with E-state index in [2.05, 4.69) is 12.2 Å². The van der Waals surface area contributed by atoms with Crippen molar-refractivity contribution in [2.75, 3.05) is 19.1 Å². The predicted molar refractivity (Wildman–Crippen MR) is 78.0 cm³/mol. The van der Waals surface area contributed by atoms with Crippen molar-refractivity contribution in [3.05, 3.63) is 24.3 Å². The second-order valence-electron chi connectivity index (χ2n) is 4.42. The molecule has 1 atom stereocenters. The van der Waals surface area contributed by atoms with Gasteiger partial charge in [-0.1, -0.05) is 0 Å². The van der Waals surface area contributed by atoms with E-state index >= 15 is 0 Å². The second-order valence-corrected chi connectivity index (χ2v) is 7.61. The summed E-state index contributed by atoms with van der Waals surface area (Å²) in [7, 11) is -1.10. The van der Waals surface area contributed by atoms with E-state index in [0.717, 1.165) is 23.5 Å². The molecule has 1 unspecified atom stereocenters. The van der Waals surface area contributed by atoms with Gasteiger partial charge < -0.3 is 5.32 Å². The van der Waals surface area contributed by atoms with Gasteiger partial charge in [0.25, 0.3) is 0 Å². The summed E-state index contributed by atoms with van der Waals surface area (Å²) in [6.07, 6.45) is 3.54. The first-order valence-corrected chi connectivity index (χ1v) is 8.91. The van der Waals surface area contributed by atoms with Crippen LogP contribution in [0.3, 0.4) is 0 Å². The maximum Gasteiger partial charge on any atom is 0.175 e. The molecule has 0 fully saturated rings. The maximum absolute atomic E-state index is 11.3. The lowest BCUT2D eigenvalue weighted by Gasteiger charge is -2.09. The van der Waals surface area contributed by atoms with Crippen molar-refractivity contribution in [3.63, 3.8) is 0 Å². The van der Waals surface area contributed by atoms with E-state index < -0.39 is 9.84 Å². The molecular formula is C13H21NO2S2. The van der Waals surface area contributed by atoms with Crippen LogP contribution in [-0.4, -0.2) is 33.5 Å². The van der Waals surface area contributed by atoms with E-state index in [0.29, 0.717) is 10.9 Å². The van der Waals surface area contributed by atoms with Gasteiger partial charge in [-0.05, 0) is 56.8 Å². The molecule has 0 heterocycles. The largest absolute Gasteiger partial charge is 0.317 e. The summed E-state index contributed by atoms with van der Waals surface area (Å²) < 4.78 is 22.6. The Labute approximate surface area is 114 Å². The SMILES string of the molecule is CNC(C)CCCSc1ccc(S(C)(=O)=O)cc1. The van der Waals surface area contributed by atoms with Gasteiger partial charge in [0.1, 0.15) is 0 Å². The Kier molecular flexibility index (Phi) is 6.18. The Morgan fingerprint density at radius 2 is 1.89 bits per heavy atom. The minimum Gasteiger partial charge on any atom is -0.317 e. The lowest BCUT2D eigenvalue weighted by atomic mass is 10.2. The van der Waals surface area contributed by atoms with Gasteiger partial charge in [0.05, 0.1) is 4.90 Å². The quantitative estimate of drug-likeness (QED) is 0.618. The highest BCUT2D eigenvalue weighted by atomic mass is 32.2. The molecular weight excluding hydrogens is 266 g/mol. The molecule has 1 N–H and O–H groups in total. The topological polar surface area (TPSA) is 46.2 Å². The van der Waals surface area contributed by atoms with Crippen molar-refractivity contribution in [2.45, 2.75) is 35.6 Å². The molecule has 3 nitrogen and oxygen atoms in total. The van der Waals surface area contributed by atoms with E-state index in [1.807, 2.05) is 19.2 Å². The molecule has 0 bridgehead atoms. The highest BCUT2D eigenvalue weighted by Gasteiger charge is 2.06. The highest BCUT2D eigenvalue weighted by Crippen LogP contribution is 2.21. The van der Waals surface area contributed by atoms with E-state index in [-0.39, 0.29) is 0 Å². The first kappa shape index (κ1) is 15.5. The van der Waals surface area contributed by atoms with Gasteiger partial charge >= 0.3 is 0 Å². The average Bonchev–Trinajstić information content (AvgIpc) is 2.33. The van der Waals surface area contributed by atoms with Crippen molar-refractivity contribution in [1.82, 2.24) is 5.32 Å². The summed E-state index contributed by atoms with van der Waals surface area (Å²) in [4.78, 5) is 1.51. The van der Waals surface area contributed by atoms with Crippen LogP contribution in [-0.2, 0) is 9.84 Å². The zero-order chi connectivity index (χ0) is 13.6. The summed E-state index contributed by atoms with van der Waals surface area (Å²) in [5.74, 6) is 1.06. The third-order valence-corrected chi connectivity index (χ3v) is 5.02. The molecule has 18 heavy (non-hydrogen) atoms. The van der Waals surface area contributed by atoms with Gasteiger partial charge in [0, 0.05) is 17.2 Å². The Hall–Kier alpha value is -0.520. The van der Waals surface area contributed by atoms with Crippen molar-refractivity contribution in [2.24, 2.45) is 0 Å². The molecule has 0 spiro atoms. The van der Waals surface area contributed by atoms with E-state index in [9.17, 15) is 8.42 Å². The molecule has 0 saturated carbocycles. The number of hydrogen-bond donors (Lipinski definition) is 1. The Morgan fingerprint density at radius 3 is 2.39 bits per heavy atom. The van der Waals surface area contributed by atoms with Crippen molar-refractivity contribution >= 4 is 21.6 Å². The highest BCUT2D eigenvalue weighted by molar-refractivity contribution is 7.99. The Bertz CT molecular complexity index is 454. The number of sulfone groups is 1. The maximum atomic E-state index is 11.3. The van der Waals surface area contributed by atoms with Crippen molar-refractivity contribution in [3.8, 4) is 0 Å². The van der Waals surface area contributed by atoms with Crippen LogP contribution < -0.4 is 5.32 Å². The molecule has 102 valence electrons. The fraction of sp³-hybridized carbons (Fsp3) is 0.538. The van der Waals surface area contributed by atoms with Gasteiger partial charge in [0.15, 0.2) is 9.84 Å². The number of thioether (sulfide) groups is 1. The average molecular weight is 287 g/mol. The lowest BCUT2D eigenvalue weighted by molar-refractivity contribution is 0.559. The zero-order valence-electron chi connectivity index (χ0n) is 11.1. The summed E-state index contributed by atoms with van der Waals surface area (Å²) in [5, 5.41) is 3.21. The summed E-state index contributed by atoms with van der Waals surface area (Å²) in [6, 6.07) is 7.66. The minimum absolute atomic E-state index is 0.385. The molecule has 1 rings (SSSR count). The summed E-state index contributed by atoms with van der Waals surface area (Å²) in [6.45, 7) is 2.17. The molecule has 1 aromatic rings. The summed E-state index contributed by atoms with van der Waals surface area (Å²) in [5.41, 5.74) is 0. The van der Waals surface area contributed by atoms with E-state index in [4.69, 9.17) is 0 Å².